The van der Waals surface area contributed by atoms with Crippen molar-refractivity contribution >= 4 is 5.97 Å². The molecule has 0 bridgehead atoms. The number of hydrogen-bond acceptors (Lipinski definition) is 3. The van der Waals surface area contributed by atoms with E-state index in [2.05, 4.69) is 14.9 Å². The van der Waals surface area contributed by atoms with Gasteiger partial charge >= 0.3 is 5.97 Å². The summed E-state index contributed by atoms with van der Waals surface area (Å²) in [6.07, 6.45) is 8.12. The average Bonchev–Trinajstić information content (AvgIpc) is 3.04. The van der Waals surface area contributed by atoms with Crippen LogP contribution in [0, 0.1) is 0 Å². The van der Waals surface area contributed by atoms with E-state index in [0.717, 1.165) is 37.3 Å². The molecule has 2 heterocycles. The first-order chi connectivity index (χ1) is 9.25. The monoisotopic (exact) mass is 263 g/mol. The molecular weight excluding hydrogens is 242 g/mol. The SMILES string of the molecule is O=C(O)c1nc(CNC2CCCC2)n2c1CCCC2. The van der Waals surface area contributed by atoms with Gasteiger partial charge in [0.25, 0.3) is 0 Å². The van der Waals surface area contributed by atoms with Crippen molar-refractivity contribution in [2.45, 2.75) is 64.1 Å². The third-order valence-electron chi connectivity index (χ3n) is 4.30. The summed E-state index contributed by atoms with van der Waals surface area (Å²) in [7, 11) is 0. The van der Waals surface area contributed by atoms with Gasteiger partial charge in [-0.2, -0.15) is 0 Å². The maximum Gasteiger partial charge on any atom is 0.356 e. The first-order valence-corrected chi connectivity index (χ1v) is 7.30. The Kier molecular flexibility index (Phi) is 3.55. The summed E-state index contributed by atoms with van der Waals surface area (Å²) in [5.41, 5.74) is 1.19. The van der Waals surface area contributed by atoms with Crippen LogP contribution in [0.25, 0.3) is 0 Å². The highest BCUT2D eigenvalue weighted by Crippen LogP contribution is 2.22. The highest BCUT2D eigenvalue weighted by molar-refractivity contribution is 5.86. The van der Waals surface area contributed by atoms with Gasteiger partial charge in [-0.3, -0.25) is 0 Å². The van der Waals surface area contributed by atoms with Gasteiger partial charge < -0.3 is 15.0 Å². The lowest BCUT2D eigenvalue weighted by atomic mass is 10.1. The van der Waals surface area contributed by atoms with Crippen LogP contribution in [-0.4, -0.2) is 26.7 Å². The number of rotatable bonds is 4. The smallest absolute Gasteiger partial charge is 0.356 e. The first-order valence-electron chi connectivity index (χ1n) is 7.30. The molecular formula is C14H21N3O2. The zero-order valence-electron chi connectivity index (χ0n) is 11.2. The Balaban J connectivity index is 1.78. The van der Waals surface area contributed by atoms with Crippen molar-refractivity contribution in [3.05, 3.63) is 17.2 Å². The topological polar surface area (TPSA) is 67.2 Å². The summed E-state index contributed by atoms with van der Waals surface area (Å²) in [5.74, 6) is 0.0109. The number of nitrogens with one attached hydrogen (secondary N) is 1. The molecule has 104 valence electrons. The molecule has 0 atom stereocenters. The molecule has 1 aromatic heterocycles. The van der Waals surface area contributed by atoms with E-state index in [0.29, 0.717) is 12.6 Å². The van der Waals surface area contributed by atoms with E-state index in [1.165, 1.54) is 25.7 Å². The van der Waals surface area contributed by atoms with Crippen LogP contribution < -0.4 is 5.32 Å². The number of carboxylic acids is 1. The quantitative estimate of drug-likeness (QED) is 0.871. The largest absolute Gasteiger partial charge is 0.476 e. The van der Waals surface area contributed by atoms with Gasteiger partial charge in [-0.15, -0.1) is 0 Å². The number of fused-ring (bicyclic) bond motifs is 1. The molecule has 1 aromatic rings. The normalized spacial score (nSPS) is 19.6. The summed E-state index contributed by atoms with van der Waals surface area (Å²) in [4.78, 5) is 15.6. The molecule has 0 aromatic carbocycles. The minimum atomic E-state index is -0.891. The summed E-state index contributed by atoms with van der Waals surface area (Å²) in [6, 6.07) is 0.588. The lowest BCUT2D eigenvalue weighted by Crippen LogP contribution is -2.27. The maximum absolute atomic E-state index is 11.3. The molecule has 1 fully saturated rings. The van der Waals surface area contributed by atoms with Crippen molar-refractivity contribution in [1.82, 2.24) is 14.9 Å². The van der Waals surface area contributed by atoms with Crippen LogP contribution >= 0.6 is 0 Å². The molecule has 1 aliphatic heterocycles. The third-order valence-corrected chi connectivity index (χ3v) is 4.30. The molecule has 2 aliphatic rings. The summed E-state index contributed by atoms with van der Waals surface area (Å²) >= 11 is 0. The van der Waals surface area contributed by atoms with Crippen molar-refractivity contribution in [2.75, 3.05) is 0 Å². The van der Waals surface area contributed by atoms with Gasteiger partial charge in [0, 0.05) is 12.6 Å². The average molecular weight is 263 g/mol. The first kappa shape index (κ1) is 12.7. The standard InChI is InChI=1S/C14H21N3O2/c18-14(19)13-11-7-3-4-8-17(11)12(16-13)9-15-10-5-1-2-6-10/h10,15H,1-9H2,(H,18,19). The molecule has 5 heteroatoms. The van der Waals surface area contributed by atoms with Crippen molar-refractivity contribution in [1.29, 1.82) is 0 Å². The summed E-state index contributed by atoms with van der Waals surface area (Å²) < 4.78 is 2.12. The predicted molar refractivity (Wildman–Crippen MR) is 71.2 cm³/mol. The van der Waals surface area contributed by atoms with Gasteiger partial charge in [0.15, 0.2) is 5.69 Å². The van der Waals surface area contributed by atoms with Crippen LogP contribution in [0.2, 0.25) is 0 Å². The van der Waals surface area contributed by atoms with E-state index in [4.69, 9.17) is 0 Å². The van der Waals surface area contributed by atoms with Gasteiger partial charge in [-0.1, -0.05) is 12.8 Å². The molecule has 0 amide bonds. The minimum Gasteiger partial charge on any atom is -0.476 e. The Labute approximate surface area is 113 Å². The number of aromatic carboxylic acids is 1. The number of carbonyl (C=O) groups is 1. The van der Waals surface area contributed by atoms with E-state index in [9.17, 15) is 9.90 Å². The Hall–Kier alpha value is -1.36. The molecule has 2 N–H and O–H groups in total. The Bertz CT molecular complexity index is 475. The van der Waals surface area contributed by atoms with E-state index in [-0.39, 0.29) is 5.69 Å². The van der Waals surface area contributed by atoms with Crippen LogP contribution in [0.4, 0.5) is 0 Å². The number of hydrogen-bond donors (Lipinski definition) is 2. The zero-order chi connectivity index (χ0) is 13.2. The van der Waals surface area contributed by atoms with Crippen molar-refractivity contribution < 1.29 is 9.90 Å². The van der Waals surface area contributed by atoms with Crippen molar-refractivity contribution in [3.63, 3.8) is 0 Å². The second kappa shape index (κ2) is 5.33. The Morgan fingerprint density at radius 1 is 1.32 bits per heavy atom. The summed E-state index contributed by atoms with van der Waals surface area (Å²) in [5, 5.41) is 12.8. The second-order valence-corrected chi connectivity index (χ2v) is 5.60. The van der Waals surface area contributed by atoms with Crippen LogP contribution in [0.1, 0.15) is 60.5 Å². The molecule has 3 rings (SSSR count). The van der Waals surface area contributed by atoms with E-state index in [1.807, 2.05) is 0 Å². The molecule has 1 aliphatic carbocycles. The van der Waals surface area contributed by atoms with Gasteiger partial charge in [-0.25, -0.2) is 9.78 Å². The number of imidazole rings is 1. The predicted octanol–water partition coefficient (Wildman–Crippen LogP) is 1.95. The number of carboxylic acid groups (broad SMARTS) is 1. The van der Waals surface area contributed by atoms with Crippen LogP contribution in [0.15, 0.2) is 0 Å². The van der Waals surface area contributed by atoms with E-state index >= 15 is 0 Å². The molecule has 5 nitrogen and oxygen atoms in total. The van der Waals surface area contributed by atoms with Crippen LogP contribution in [-0.2, 0) is 19.5 Å². The van der Waals surface area contributed by atoms with Gasteiger partial charge in [0.1, 0.15) is 5.82 Å². The second-order valence-electron chi connectivity index (χ2n) is 5.60. The van der Waals surface area contributed by atoms with Gasteiger partial charge in [-0.05, 0) is 32.1 Å². The minimum absolute atomic E-state index is 0.267. The molecule has 0 radical (unpaired) electrons. The van der Waals surface area contributed by atoms with Gasteiger partial charge in [0.05, 0.1) is 12.2 Å². The maximum atomic E-state index is 11.3. The molecule has 1 saturated carbocycles. The molecule has 19 heavy (non-hydrogen) atoms. The fraction of sp³-hybridized carbons (Fsp3) is 0.714. The highest BCUT2D eigenvalue weighted by atomic mass is 16.4. The highest BCUT2D eigenvalue weighted by Gasteiger charge is 2.24. The zero-order valence-corrected chi connectivity index (χ0v) is 11.2. The van der Waals surface area contributed by atoms with Crippen LogP contribution in [0.3, 0.4) is 0 Å². The lowest BCUT2D eigenvalue weighted by Gasteiger charge is -2.18. The number of nitrogens with zero attached hydrogens (tertiary/aromatic N) is 2. The molecule has 0 unspecified atom stereocenters. The Morgan fingerprint density at radius 3 is 2.84 bits per heavy atom. The van der Waals surface area contributed by atoms with Gasteiger partial charge in [0.2, 0.25) is 0 Å². The lowest BCUT2D eigenvalue weighted by molar-refractivity contribution is 0.0689. The van der Waals surface area contributed by atoms with Crippen molar-refractivity contribution in [3.8, 4) is 0 Å². The Morgan fingerprint density at radius 2 is 2.11 bits per heavy atom. The number of aromatic nitrogens is 2. The van der Waals surface area contributed by atoms with E-state index in [1.54, 1.807) is 0 Å². The molecule has 0 spiro atoms. The third kappa shape index (κ3) is 2.52. The van der Waals surface area contributed by atoms with Crippen molar-refractivity contribution in [2.24, 2.45) is 0 Å². The van der Waals surface area contributed by atoms with E-state index < -0.39 is 5.97 Å². The fourth-order valence-corrected chi connectivity index (χ4v) is 3.29. The fourth-order valence-electron chi connectivity index (χ4n) is 3.29. The van der Waals surface area contributed by atoms with Crippen LogP contribution in [0.5, 0.6) is 0 Å². The summed E-state index contributed by atoms with van der Waals surface area (Å²) in [6.45, 7) is 1.61. The molecule has 0 saturated heterocycles.